The highest BCUT2D eigenvalue weighted by molar-refractivity contribution is 5.88. The Balaban J connectivity index is 2.26. The first-order valence-corrected chi connectivity index (χ1v) is 22.8. The Kier molecular flexibility index (Phi) is 22.7. The number of methoxy groups -OCH3 is 3. The van der Waals surface area contributed by atoms with Gasteiger partial charge in [0.1, 0.15) is 30.7 Å². The van der Waals surface area contributed by atoms with Gasteiger partial charge in [0, 0.05) is 51.5 Å². The van der Waals surface area contributed by atoms with Crippen molar-refractivity contribution in [1.82, 2.24) is 4.90 Å². The van der Waals surface area contributed by atoms with Gasteiger partial charge in [-0.15, -0.1) is 0 Å². The maximum atomic E-state index is 14.5. The molecule has 0 aromatic heterocycles. The van der Waals surface area contributed by atoms with E-state index >= 15 is 0 Å². The van der Waals surface area contributed by atoms with Gasteiger partial charge in [-0.05, 0) is 74.9 Å². The fourth-order valence-electron chi connectivity index (χ4n) is 9.43. The summed E-state index contributed by atoms with van der Waals surface area (Å²) >= 11 is 0. The molecule has 64 heavy (non-hydrogen) atoms. The summed E-state index contributed by atoms with van der Waals surface area (Å²) in [6, 6.07) is -0.197. The fraction of sp³-hybridized carbons (Fsp3) is 0.956. The maximum absolute atomic E-state index is 14.5. The molecule has 3 rings (SSSR count). The second-order valence-corrected chi connectivity index (χ2v) is 18.9. The molecule has 3 fully saturated rings. The van der Waals surface area contributed by atoms with E-state index in [0.717, 1.165) is 0 Å². The lowest BCUT2D eigenvalue weighted by Crippen LogP contribution is -2.61. The molecule has 0 radical (unpaired) electrons. The number of rotatable bonds is 19. The quantitative estimate of drug-likeness (QED) is 0.0633. The molecule has 0 aliphatic carbocycles. The molecule has 0 unspecified atom stereocenters. The summed E-state index contributed by atoms with van der Waals surface area (Å²) in [4.78, 5) is 22.2. The van der Waals surface area contributed by atoms with Crippen molar-refractivity contribution in [1.29, 1.82) is 0 Å². The molecule has 0 spiro atoms. The van der Waals surface area contributed by atoms with Crippen molar-refractivity contribution >= 4 is 11.7 Å². The van der Waals surface area contributed by atoms with Gasteiger partial charge in [-0.1, -0.05) is 32.9 Å². The van der Waals surface area contributed by atoms with Crippen LogP contribution in [-0.4, -0.2) is 197 Å². The number of likely N-dealkylation sites (N-methyl/N-ethyl adjacent to an activating group) is 1. The molecule has 0 saturated carbocycles. The molecule has 0 aromatic rings. The first-order chi connectivity index (χ1) is 30.0. The molecule has 3 aliphatic heterocycles. The zero-order chi connectivity index (χ0) is 48.2. The van der Waals surface area contributed by atoms with E-state index in [0.29, 0.717) is 32.0 Å². The molecular weight excluding hydrogens is 840 g/mol. The molecular formula is C45H84N2O17. The van der Waals surface area contributed by atoms with E-state index in [9.17, 15) is 25.2 Å². The van der Waals surface area contributed by atoms with Gasteiger partial charge in [0.05, 0.1) is 79.8 Å². The Bertz CT molecular complexity index is 1410. The normalized spacial score (nSPS) is 42.7. The summed E-state index contributed by atoms with van der Waals surface area (Å²) in [5.41, 5.74) is -4.50. The third-order valence-electron chi connectivity index (χ3n) is 13.3. The predicted octanol–water partition coefficient (Wildman–Crippen LogP) is 2.85. The molecule has 0 aromatic carbocycles. The number of aliphatic hydroxyl groups excluding tert-OH is 2. The van der Waals surface area contributed by atoms with Crippen LogP contribution < -0.4 is 0 Å². The van der Waals surface area contributed by atoms with E-state index < -0.39 is 102 Å². The molecule has 0 amide bonds. The maximum Gasteiger partial charge on any atom is 0.311 e. The third kappa shape index (κ3) is 14.7. The van der Waals surface area contributed by atoms with Crippen molar-refractivity contribution in [3.63, 3.8) is 0 Å². The average molecular weight is 925 g/mol. The van der Waals surface area contributed by atoms with Gasteiger partial charge in [0.15, 0.2) is 12.6 Å². The molecule has 4 N–H and O–H groups in total. The lowest BCUT2D eigenvalue weighted by atomic mass is 9.73. The highest BCUT2D eigenvalue weighted by Gasteiger charge is 2.53. The van der Waals surface area contributed by atoms with Crippen molar-refractivity contribution in [2.75, 3.05) is 75.4 Å². The molecule has 3 saturated heterocycles. The molecule has 0 bridgehead atoms. The van der Waals surface area contributed by atoms with Crippen LogP contribution in [0.5, 0.6) is 0 Å². The van der Waals surface area contributed by atoms with Crippen LogP contribution in [-0.2, 0) is 61.7 Å². The van der Waals surface area contributed by atoms with Gasteiger partial charge in [-0.3, -0.25) is 4.79 Å². The number of oxime groups is 1. The molecule has 376 valence electrons. The van der Waals surface area contributed by atoms with E-state index in [1.807, 2.05) is 39.8 Å². The topological polar surface area (TPSA) is 224 Å². The summed E-state index contributed by atoms with van der Waals surface area (Å²) in [7, 11) is 8.52. The summed E-state index contributed by atoms with van der Waals surface area (Å²) in [5, 5.41) is 52.6. The minimum atomic E-state index is -1.97. The first-order valence-electron chi connectivity index (χ1n) is 22.8. The Morgan fingerprint density at radius 3 is 2.02 bits per heavy atom. The van der Waals surface area contributed by atoms with Gasteiger partial charge >= 0.3 is 5.97 Å². The van der Waals surface area contributed by atoms with E-state index in [1.54, 1.807) is 55.8 Å². The van der Waals surface area contributed by atoms with Gasteiger partial charge in [-0.25, -0.2) is 0 Å². The van der Waals surface area contributed by atoms with Crippen LogP contribution in [0, 0.1) is 23.7 Å². The van der Waals surface area contributed by atoms with Gasteiger partial charge in [-0.2, -0.15) is 0 Å². The first kappa shape index (κ1) is 56.7. The van der Waals surface area contributed by atoms with Crippen molar-refractivity contribution < 1.29 is 82.2 Å². The summed E-state index contributed by atoms with van der Waals surface area (Å²) in [5.74, 6) is -4.14. The molecule has 19 heteroatoms. The highest BCUT2D eigenvalue weighted by Crippen LogP contribution is 2.41. The standard InChI is InChI=1S/C45H84N2O17/c1-16-33-45(10,52)38(48)28(4)35(46-59-25-57-20-18-54-14)26(2)22-43(8,51)40(64-42-37(58-24-56-19-17-53-13)32(47(11)12)21-27(3)60-42)29(5)36(30(6)41(50)62-33)63-34-23-44(9,55-15)39(49)31(7)61-34/h26-34,36-40,42,48-49,51-52H,16-25H2,1-15H3/b46-35+/t26-,27-,28+,29+,30-,31+,32+,33-,34+,36+,37-,38-,39+,40-,42+,43-,44-,45-/m1/s1. The van der Waals surface area contributed by atoms with Crippen molar-refractivity contribution in [3.8, 4) is 0 Å². The summed E-state index contributed by atoms with van der Waals surface area (Å²) in [6.07, 6.45) is -8.87. The molecule has 19 nitrogen and oxygen atoms in total. The molecule has 3 heterocycles. The molecule has 18 atom stereocenters. The van der Waals surface area contributed by atoms with Gasteiger partial charge in [0.2, 0.25) is 6.79 Å². The average Bonchev–Trinajstić information content (AvgIpc) is 3.23. The van der Waals surface area contributed by atoms with Crippen LogP contribution in [0.25, 0.3) is 0 Å². The number of esters is 1. The van der Waals surface area contributed by atoms with Crippen LogP contribution in [0.4, 0.5) is 0 Å². The van der Waals surface area contributed by atoms with Crippen LogP contribution in [0.15, 0.2) is 5.16 Å². The van der Waals surface area contributed by atoms with Crippen LogP contribution in [0.1, 0.15) is 94.9 Å². The lowest BCUT2D eigenvalue weighted by Gasteiger charge is -2.49. The number of hydrogen-bond donors (Lipinski definition) is 4. The Labute approximate surface area is 381 Å². The minimum absolute atomic E-state index is 0.0212. The van der Waals surface area contributed by atoms with E-state index in [-0.39, 0.29) is 51.6 Å². The van der Waals surface area contributed by atoms with Gasteiger partial charge < -0.3 is 82.3 Å². The Morgan fingerprint density at radius 2 is 1.44 bits per heavy atom. The number of hydrogen-bond acceptors (Lipinski definition) is 19. The number of ether oxygens (including phenoxy) is 11. The predicted molar refractivity (Wildman–Crippen MR) is 234 cm³/mol. The second-order valence-electron chi connectivity index (χ2n) is 18.9. The van der Waals surface area contributed by atoms with Gasteiger partial charge in [0.25, 0.3) is 0 Å². The summed E-state index contributed by atoms with van der Waals surface area (Å²) in [6.45, 7) is 18.1. The van der Waals surface area contributed by atoms with Crippen molar-refractivity contribution in [2.24, 2.45) is 28.8 Å². The highest BCUT2D eigenvalue weighted by atomic mass is 16.7. The number of aliphatic hydroxyl groups is 4. The number of carbonyl (C=O) groups excluding carboxylic acids is 1. The zero-order valence-corrected chi connectivity index (χ0v) is 41.2. The van der Waals surface area contributed by atoms with E-state index in [1.165, 1.54) is 14.0 Å². The molecule has 3 aliphatic rings. The minimum Gasteiger partial charge on any atom is -0.459 e. The zero-order valence-electron chi connectivity index (χ0n) is 41.2. The third-order valence-corrected chi connectivity index (χ3v) is 13.3. The van der Waals surface area contributed by atoms with E-state index in [2.05, 4.69) is 5.16 Å². The number of cyclic esters (lactones) is 1. The van der Waals surface area contributed by atoms with Crippen LogP contribution in [0.3, 0.4) is 0 Å². The fourth-order valence-corrected chi connectivity index (χ4v) is 9.43. The Hall–Kier alpha value is -1.66. The largest absolute Gasteiger partial charge is 0.459 e. The second kappa shape index (κ2) is 25.6. The summed E-state index contributed by atoms with van der Waals surface area (Å²) < 4.78 is 66.4. The lowest BCUT2D eigenvalue weighted by molar-refractivity contribution is -0.325. The van der Waals surface area contributed by atoms with Crippen molar-refractivity contribution in [3.05, 3.63) is 0 Å². The van der Waals surface area contributed by atoms with Crippen molar-refractivity contribution in [2.45, 2.75) is 179 Å². The van der Waals surface area contributed by atoms with Crippen LogP contribution >= 0.6 is 0 Å². The number of carbonyl (C=O) groups is 1. The SMILES string of the molecule is CC[C@H]1OC(=O)[C@H](C)[C@@H](O[C@H]2C[C@@](C)(OC)[C@@H](O)[C@H](C)O2)[C@H](C)[C@@H](O[C@@H]2O[C@H](C)C[C@H](N(C)C)[C@H]2OCOCCOC)[C@](C)(O)C[C@@H](C)/C(=N\OCOCCOC)[C@H](C)[C@@H](O)[C@]1(C)O. The monoisotopic (exact) mass is 925 g/mol. The van der Waals surface area contributed by atoms with Crippen LogP contribution in [0.2, 0.25) is 0 Å². The smallest absolute Gasteiger partial charge is 0.311 e. The number of nitrogens with zero attached hydrogens (tertiary/aromatic N) is 2. The Morgan fingerprint density at radius 1 is 0.812 bits per heavy atom. The van der Waals surface area contributed by atoms with E-state index in [4.69, 9.17) is 56.9 Å².